The highest BCUT2D eigenvalue weighted by Crippen LogP contribution is 2.32. The van der Waals surface area contributed by atoms with Gasteiger partial charge in [0.15, 0.2) is 11.6 Å². The molecule has 5 rings (SSSR count). The minimum Gasteiger partial charge on any atom is -0.475 e. The molecule has 1 aliphatic carbocycles. The number of halogens is 3. The monoisotopic (exact) mass is 573 g/mol. The van der Waals surface area contributed by atoms with Crippen LogP contribution in [0.4, 0.5) is 24.8 Å². The van der Waals surface area contributed by atoms with Crippen LogP contribution in [-0.4, -0.2) is 72.2 Å². The van der Waals surface area contributed by atoms with Crippen molar-refractivity contribution in [3.05, 3.63) is 53.6 Å². The molecule has 208 valence electrons. The number of nitrogens with zero attached hydrogens (tertiary/aromatic N) is 6. The van der Waals surface area contributed by atoms with E-state index in [1.807, 2.05) is 11.0 Å². The molecule has 15 heteroatoms. The van der Waals surface area contributed by atoms with Crippen molar-refractivity contribution in [1.82, 2.24) is 14.3 Å². The van der Waals surface area contributed by atoms with Crippen LogP contribution in [0.2, 0.25) is 0 Å². The molecule has 11 nitrogen and oxygen atoms in total. The van der Waals surface area contributed by atoms with Crippen molar-refractivity contribution in [3.63, 3.8) is 0 Å². The molecule has 2 aliphatic rings. The molecule has 2 heterocycles. The summed E-state index contributed by atoms with van der Waals surface area (Å²) in [6.45, 7) is 1.41. The molecule has 40 heavy (non-hydrogen) atoms. The van der Waals surface area contributed by atoms with E-state index in [0.29, 0.717) is 47.4 Å². The molecule has 2 N–H and O–H groups in total. The van der Waals surface area contributed by atoms with Crippen LogP contribution in [0.5, 0.6) is 0 Å². The molecule has 0 radical (unpaired) electrons. The first-order valence-electron chi connectivity index (χ1n) is 12.0. The summed E-state index contributed by atoms with van der Waals surface area (Å²) in [7, 11) is -3.78. The molecule has 0 spiro atoms. The standard InChI is InChI=1S/C23H21N7O2S.C2HF3O2/c24-14-16-5-8-19-20(13-16)28-23(22(27-19)26-18-6-7-18)29-9-11-30(12-10-29)33(31,32)21-4-2-1-3-17(21)15-25;3-2(4,5)1(6)7/h1-5,8,13,18H,6-7,9-12H2,(H,26,27);(H,6,7). The van der Waals surface area contributed by atoms with Crippen LogP contribution in [0.15, 0.2) is 47.4 Å². The lowest BCUT2D eigenvalue weighted by Gasteiger charge is -2.35. The maximum absolute atomic E-state index is 13.2. The number of piperazine rings is 1. The van der Waals surface area contributed by atoms with Gasteiger partial charge in [-0.15, -0.1) is 0 Å². The lowest BCUT2D eigenvalue weighted by molar-refractivity contribution is -0.192. The number of fused-ring (bicyclic) bond motifs is 1. The number of nitriles is 2. The number of hydrogen-bond acceptors (Lipinski definition) is 9. The lowest BCUT2D eigenvalue weighted by atomic mass is 10.2. The zero-order valence-corrected chi connectivity index (χ0v) is 21.6. The average molecular weight is 574 g/mol. The molecule has 0 bridgehead atoms. The van der Waals surface area contributed by atoms with Gasteiger partial charge in [-0.25, -0.2) is 23.2 Å². The molecule has 3 aromatic rings. The van der Waals surface area contributed by atoms with Crippen molar-refractivity contribution in [2.45, 2.75) is 30.0 Å². The fourth-order valence-electron chi connectivity index (χ4n) is 3.92. The zero-order chi connectivity index (χ0) is 29.1. The molecule has 1 saturated carbocycles. The Bertz CT molecular complexity index is 1620. The molecule has 1 aromatic heterocycles. The van der Waals surface area contributed by atoms with Crippen molar-refractivity contribution in [2.24, 2.45) is 0 Å². The Labute approximate surface area is 227 Å². The van der Waals surface area contributed by atoms with Gasteiger partial charge < -0.3 is 15.3 Å². The Balaban J connectivity index is 0.000000470. The summed E-state index contributed by atoms with van der Waals surface area (Å²) in [6.07, 6.45) is -2.92. The van der Waals surface area contributed by atoms with Crippen molar-refractivity contribution < 1.29 is 31.5 Å². The van der Waals surface area contributed by atoms with Crippen LogP contribution in [0.25, 0.3) is 11.0 Å². The number of alkyl halides is 3. The van der Waals surface area contributed by atoms with E-state index in [4.69, 9.17) is 19.9 Å². The van der Waals surface area contributed by atoms with Crippen molar-refractivity contribution >= 4 is 38.7 Å². The van der Waals surface area contributed by atoms with E-state index in [1.165, 1.54) is 16.4 Å². The molecule has 0 atom stereocenters. The maximum Gasteiger partial charge on any atom is 0.490 e. The summed E-state index contributed by atoms with van der Waals surface area (Å²) in [6, 6.07) is 16.0. The number of aliphatic carboxylic acids is 1. The van der Waals surface area contributed by atoms with E-state index in [0.717, 1.165) is 12.8 Å². The number of rotatable bonds is 5. The minimum atomic E-state index is -5.08. The Morgan fingerprint density at radius 1 is 1.00 bits per heavy atom. The number of carboxylic acid groups (broad SMARTS) is 1. The SMILES string of the molecule is N#Cc1ccc2nc(NC3CC3)c(N3CCN(S(=O)(=O)c4ccccc4C#N)CC3)nc2c1.O=C(O)C(F)(F)F. The van der Waals surface area contributed by atoms with Gasteiger partial charge in [0.1, 0.15) is 6.07 Å². The number of aromatic nitrogens is 2. The van der Waals surface area contributed by atoms with Crippen molar-refractivity contribution in [1.29, 1.82) is 10.5 Å². The molecule has 2 aromatic carbocycles. The molecular weight excluding hydrogens is 551 g/mol. The van der Waals surface area contributed by atoms with Gasteiger partial charge in [-0.3, -0.25) is 0 Å². The second-order valence-electron chi connectivity index (χ2n) is 8.93. The highest BCUT2D eigenvalue weighted by molar-refractivity contribution is 7.89. The first kappa shape index (κ1) is 28.5. The number of sulfonamides is 1. The minimum absolute atomic E-state index is 0.0339. The second kappa shape index (κ2) is 11.3. The number of hydrogen-bond donors (Lipinski definition) is 2. The van der Waals surface area contributed by atoms with Crippen LogP contribution in [0, 0.1) is 22.7 Å². The summed E-state index contributed by atoms with van der Waals surface area (Å²) in [4.78, 5) is 20.5. The fraction of sp³-hybridized carbons (Fsp3) is 0.320. The third-order valence-corrected chi connectivity index (χ3v) is 8.06. The van der Waals surface area contributed by atoms with Gasteiger partial charge in [-0.1, -0.05) is 12.1 Å². The first-order chi connectivity index (χ1) is 18.9. The smallest absolute Gasteiger partial charge is 0.475 e. The number of carbonyl (C=O) groups is 1. The number of benzene rings is 2. The van der Waals surface area contributed by atoms with Gasteiger partial charge in [0.25, 0.3) is 0 Å². The maximum atomic E-state index is 13.2. The average Bonchev–Trinajstić information content (AvgIpc) is 3.76. The Morgan fingerprint density at radius 3 is 2.23 bits per heavy atom. The van der Waals surface area contributed by atoms with E-state index in [2.05, 4.69) is 11.4 Å². The van der Waals surface area contributed by atoms with Crippen LogP contribution in [-0.2, 0) is 14.8 Å². The zero-order valence-electron chi connectivity index (χ0n) is 20.8. The molecule has 1 saturated heterocycles. The summed E-state index contributed by atoms with van der Waals surface area (Å²) in [5.41, 5.74) is 1.99. The summed E-state index contributed by atoms with van der Waals surface area (Å²) >= 11 is 0. The van der Waals surface area contributed by atoms with Gasteiger partial charge in [0.05, 0.1) is 33.1 Å². The third-order valence-electron chi connectivity index (χ3n) is 6.10. The molecule has 0 unspecified atom stereocenters. The Hall–Kier alpha value is -4.47. The molecule has 0 amide bonds. The number of nitrogens with one attached hydrogen (secondary N) is 1. The largest absolute Gasteiger partial charge is 0.490 e. The van der Waals surface area contributed by atoms with Crippen LogP contribution < -0.4 is 10.2 Å². The normalized spacial score (nSPS) is 15.9. The van der Waals surface area contributed by atoms with Crippen LogP contribution >= 0.6 is 0 Å². The Morgan fingerprint density at radius 2 is 1.65 bits per heavy atom. The van der Waals surface area contributed by atoms with Gasteiger partial charge in [-0.2, -0.15) is 28.0 Å². The van der Waals surface area contributed by atoms with Gasteiger partial charge in [0, 0.05) is 32.2 Å². The highest BCUT2D eigenvalue weighted by atomic mass is 32.2. The van der Waals surface area contributed by atoms with Crippen LogP contribution in [0.1, 0.15) is 24.0 Å². The van der Waals surface area contributed by atoms with E-state index in [9.17, 15) is 32.1 Å². The summed E-state index contributed by atoms with van der Waals surface area (Å²) in [5.74, 6) is -1.41. The second-order valence-corrected chi connectivity index (χ2v) is 10.8. The molecule has 1 aliphatic heterocycles. The lowest BCUT2D eigenvalue weighted by Crippen LogP contribution is -2.49. The predicted octanol–water partition coefficient (Wildman–Crippen LogP) is 3.09. The van der Waals surface area contributed by atoms with Crippen LogP contribution in [0.3, 0.4) is 0 Å². The van der Waals surface area contributed by atoms with E-state index < -0.39 is 22.2 Å². The van der Waals surface area contributed by atoms with Crippen molar-refractivity contribution in [2.75, 3.05) is 36.4 Å². The Kier molecular flexibility index (Phi) is 8.08. The van der Waals surface area contributed by atoms with Crippen molar-refractivity contribution in [3.8, 4) is 12.1 Å². The predicted molar refractivity (Wildman–Crippen MR) is 137 cm³/mol. The van der Waals surface area contributed by atoms with Gasteiger partial charge in [0.2, 0.25) is 10.0 Å². The number of anilines is 2. The topological polar surface area (TPSA) is 163 Å². The van der Waals surface area contributed by atoms with E-state index >= 15 is 0 Å². The van der Waals surface area contributed by atoms with Gasteiger partial charge in [-0.05, 0) is 43.2 Å². The van der Waals surface area contributed by atoms with E-state index in [1.54, 1.807) is 30.3 Å². The summed E-state index contributed by atoms with van der Waals surface area (Å²) in [5, 5.41) is 29.1. The first-order valence-corrected chi connectivity index (χ1v) is 13.4. The molecule has 2 fully saturated rings. The summed E-state index contributed by atoms with van der Waals surface area (Å²) < 4.78 is 59.5. The van der Waals surface area contributed by atoms with Gasteiger partial charge >= 0.3 is 12.1 Å². The number of carboxylic acids is 1. The molecular formula is C25H22F3N7O4S. The fourth-order valence-corrected chi connectivity index (χ4v) is 5.48. The quantitative estimate of drug-likeness (QED) is 0.464. The van der Waals surface area contributed by atoms with E-state index in [-0.39, 0.29) is 23.5 Å². The highest BCUT2D eigenvalue weighted by Gasteiger charge is 2.38. The third kappa shape index (κ3) is 6.39.